The number of nitrogens with zero attached hydrogens (tertiary/aromatic N) is 1. The van der Waals surface area contributed by atoms with E-state index in [9.17, 15) is 23.1 Å². The maximum Gasteiger partial charge on any atom is 0.425 e. The Bertz CT molecular complexity index is 1110. The summed E-state index contributed by atoms with van der Waals surface area (Å²) in [5.41, 5.74) is -3.51. The van der Waals surface area contributed by atoms with Crippen LogP contribution in [0.15, 0.2) is 48.7 Å². The monoisotopic (exact) mass is 419 g/mol. The molecule has 158 valence electrons. The summed E-state index contributed by atoms with van der Waals surface area (Å²) >= 11 is 0. The van der Waals surface area contributed by atoms with Gasteiger partial charge in [0.15, 0.2) is 0 Å². The van der Waals surface area contributed by atoms with Crippen LogP contribution < -0.4 is 5.32 Å². The Balaban J connectivity index is 2.19. The standard InChI is InChI=1S/C21H20F3N3O3/c1-3-30-19(28)26-17-9-8-14(10-13(17)11-25)20(29,21(22,23)24)16-12-27(2)18-7-5-4-6-15(16)18/h4-12,25,29H,3H2,1-2H3,(H,26,28). The quantitative estimate of drug-likeness (QED) is 0.531. The lowest BCUT2D eigenvalue weighted by atomic mass is 9.84. The molecule has 3 aromatic rings. The molecule has 0 spiro atoms. The average molecular weight is 419 g/mol. The fourth-order valence-electron chi connectivity index (χ4n) is 3.40. The van der Waals surface area contributed by atoms with Crippen molar-refractivity contribution < 1.29 is 27.8 Å². The number of aliphatic hydroxyl groups is 1. The summed E-state index contributed by atoms with van der Waals surface area (Å²) < 4.78 is 49.0. The molecule has 1 unspecified atom stereocenters. The Hall–Kier alpha value is -3.33. The molecule has 0 aliphatic rings. The lowest BCUT2D eigenvalue weighted by molar-refractivity contribution is -0.247. The fourth-order valence-corrected chi connectivity index (χ4v) is 3.40. The number of hydrogen-bond acceptors (Lipinski definition) is 4. The van der Waals surface area contributed by atoms with E-state index in [2.05, 4.69) is 5.32 Å². The predicted molar refractivity (Wildman–Crippen MR) is 107 cm³/mol. The Morgan fingerprint density at radius 3 is 2.60 bits per heavy atom. The minimum Gasteiger partial charge on any atom is -0.450 e. The highest BCUT2D eigenvalue weighted by atomic mass is 19.4. The third-order valence-corrected chi connectivity index (χ3v) is 4.83. The molecule has 0 aliphatic heterocycles. The van der Waals surface area contributed by atoms with Crippen molar-refractivity contribution in [2.75, 3.05) is 11.9 Å². The van der Waals surface area contributed by atoms with Crippen LogP contribution >= 0.6 is 0 Å². The summed E-state index contributed by atoms with van der Waals surface area (Å²) in [5, 5.41) is 21.2. The Morgan fingerprint density at radius 2 is 1.97 bits per heavy atom. The summed E-state index contributed by atoms with van der Waals surface area (Å²) in [6.07, 6.45) is -3.81. The molecule has 2 aromatic carbocycles. The minimum atomic E-state index is -5.05. The Kier molecular flexibility index (Phi) is 5.58. The average Bonchev–Trinajstić information content (AvgIpc) is 3.04. The number of benzene rings is 2. The highest BCUT2D eigenvalue weighted by Gasteiger charge is 2.57. The third-order valence-electron chi connectivity index (χ3n) is 4.83. The number of carbonyl (C=O) groups is 1. The minimum absolute atomic E-state index is 0.0107. The molecule has 1 aromatic heterocycles. The zero-order chi connectivity index (χ0) is 22.1. The van der Waals surface area contributed by atoms with Crippen LogP contribution in [0, 0.1) is 5.41 Å². The summed E-state index contributed by atoms with van der Waals surface area (Å²) in [6.45, 7) is 1.71. The number of ether oxygens (including phenoxy) is 1. The number of fused-ring (bicyclic) bond motifs is 1. The zero-order valence-electron chi connectivity index (χ0n) is 16.2. The van der Waals surface area contributed by atoms with Gasteiger partial charge >= 0.3 is 12.3 Å². The van der Waals surface area contributed by atoms with Crippen molar-refractivity contribution in [2.45, 2.75) is 18.7 Å². The van der Waals surface area contributed by atoms with Gasteiger partial charge in [-0.2, -0.15) is 13.2 Å². The summed E-state index contributed by atoms with van der Waals surface area (Å²) in [7, 11) is 1.60. The SMILES string of the molecule is CCOC(=O)Nc1ccc(C(O)(c2cn(C)c3ccccc23)C(F)(F)F)cc1C=N. The van der Waals surface area contributed by atoms with Gasteiger partial charge in [-0.05, 0) is 30.7 Å². The third kappa shape index (κ3) is 3.52. The van der Waals surface area contributed by atoms with Gasteiger partial charge in [0.1, 0.15) is 0 Å². The van der Waals surface area contributed by atoms with Crippen LogP contribution in [0.1, 0.15) is 23.6 Å². The first kappa shape index (κ1) is 21.4. The number of aromatic nitrogens is 1. The molecular formula is C21H20F3N3O3. The maximum absolute atomic E-state index is 14.3. The van der Waals surface area contributed by atoms with Gasteiger partial charge in [-0.15, -0.1) is 0 Å². The van der Waals surface area contributed by atoms with E-state index in [-0.39, 0.29) is 28.8 Å². The first-order valence-electron chi connectivity index (χ1n) is 9.06. The molecule has 1 heterocycles. The summed E-state index contributed by atoms with van der Waals surface area (Å²) in [6, 6.07) is 9.77. The first-order valence-corrected chi connectivity index (χ1v) is 9.06. The first-order chi connectivity index (χ1) is 14.1. The van der Waals surface area contributed by atoms with Gasteiger partial charge in [0, 0.05) is 41.5 Å². The van der Waals surface area contributed by atoms with Crippen LogP contribution in [0.2, 0.25) is 0 Å². The maximum atomic E-state index is 14.3. The van der Waals surface area contributed by atoms with Crippen molar-refractivity contribution in [3.8, 4) is 0 Å². The molecule has 0 aliphatic carbocycles. The number of amides is 1. The number of alkyl halides is 3. The van der Waals surface area contributed by atoms with E-state index in [1.54, 1.807) is 32.2 Å². The second-order valence-corrected chi connectivity index (χ2v) is 6.67. The lowest BCUT2D eigenvalue weighted by Crippen LogP contribution is -2.43. The van der Waals surface area contributed by atoms with Crippen molar-refractivity contribution in [1.29, 1.82) is 5.41 Å². The van der Waals surface area contributed by atoms with Gasteiger partial charge in [0.25, 0.3) is 0 Å². The molecule has 0 bridgehead atoms. The van der Waals surface area contributed by atoms with Crippen molar-refractivity contribution in [3.63, 3.8) is 0 Å². The van der Waals surface area contributed by atoms with Crippen molar-refractivity contribution in [3.05, 3.63) is 65.4 Å². The number of aryl methyl sites for hydroxylation is 1. The number of carbonyl (C=O) groups excluding carboxylic acids is 1. The topological polar surface area (TPSA) is 87.3 Å². The van der Waals surface area contributed by atoms with E-state index >= 15 is 0 Å². The van der Waals surface area contributed by atoms with E-state index in [0.717, 1.165) is 18.3 Å². The lowest BCUT2D eigenvalue weighted by Gasteiger charge is -2.31. The van der Waals surface area contributed by atoms with E-state index in [4.69, 9.17) is 10.1 Å². The highest BCUT2D eigenvalue weighted by Crippen LogP contribution is 2.47. The molecule has 3 rings (SSSR count). The van der Waals surface area contributed by atoms with E-state index in [0.29, 0.717) is 5.52 Å². The predicted octanol–water partition coefficient (Wildman–Crippen LogP) is 4.54. The van der Waals surface area contributed by atoms with Crippen molar-refractivity contribution >= 4 is 28.9 Å². The second-order valence-electron chi connectivity index (χ2n) is 6.67. The van der Waals surface area contributed by atoms with Crippen LogP contribution in [-0.2, 0) is 17.4 Å². The van der Waals surface area contributed by atoms with E-state index in [1.165, 1.54) is 22.9 Å². The molecule has 0 fully saturated rings. The molecule has 1 amide bonds. The molecule has 6 nitrogen and oxygen atoms in total. The fraction of sp³-hybridized carbons (Fsp3) is 0.238. The van der Waals surface area contributed by atoms with Crippen LogP contribution in [0.5, 0.6) is 0 Å². The number of anilines is 1. The molecule has 0 saturated carbocycles. The molecule has 0 radical (unpaired) electrons. The molecule has 1 atom stereocenters. The molecule has 3 N–H and O–H groups in total. The van der Waals surface area contributed by atoms with Crippen LogP contribution in [0.3, 0.4) is 0 Å². The smallest absolute Gasteiger partial charge is 0.425 e. The molecular weight excluding hydrogens is 399 g/mol. The largest absolute Gasteiger partial charge is 0.450 e. The van der Waals surface area contributed by atoms with Crippen LogP contribution in [0.25, 0.3) is 10.9 Å². The van der Waals surface area contributed by atoms with Crippen molar-refractivity contribution in [1.82, 2.24) is 4.57 Å². The van der Waals surface area contributed by atoms with Gasteiger partial charge in [-0.3, -0.25) is 5.32 Å². The van der Waals surface area contributed by atoms with Gasteiger partial charge in [0.05, 0.1) is 12.3 Å². The summed E-state index contributed by atoms with van der Waals surface area (Å²) in [4.78, 5) is 11.7. The Morgan fingerprint density at radius 1 is 1.27 bits per heavy atom. The number of hydrogen-bond donors (Lipinski definition) is 3. The molecule has 0 saturated heterocycles. The number of halogens is 3. The Labute approximate surface area is 170 Å². The number of para-hydroxylation sites is 1. The van der Waals surface area contributed by atoms with Crippen molar-refractivity contribution in [2.24, 2.45) is 7.05 Å². The second kappa shape index (κ2) is 7.83. The van der Waals surface area contributed by atoms with Gasteiger partial charge in [-0.25, -0.2) is 4.79 Å². The van der Waals surface area contributed by atoms with E-state index < -0.39 is 23.4 Å². The number of nitrogens with one attached hydrogen (secondary N) is 2. The van der Waals surface area contributed by atoms with Gasteiger partial charge < -0.3 is 19.8 Å². The number of rotatable bonds is 5. The molecule has 9 heteroatoms. The van der Waals surface area contributed by atoms with Crippen LogP contribution in [0.4, 0.5) is 23.7 Å². The zero-order valence-corrected chi connectivity index (χ0v) is 16.2. The van der Waals surface area contributed by atoms with Gasteiger partial charge in [0.2, 0.25) is 5.60 Å². The summed E-state index contributed by atoms with van der Waals surface area (Å²) in [5.74, 6) is 0. The highest BCUT2D eigenvalue weighted by molar-refractivity contribution is 5.94. The molecule has 30 heavy (non-hydrogen) atoms. The normalized spacial score (nSPS) is 13.7. The van der Waals surface area contributed by atoms with E-state index in [1.807, 2.05) is 0 Å². The van der Waals surface area contributed by atoms with Gasteiger partial charge in [-0.1, -0.05) is 24.3 Å². The van der Waals surface area contributed by atoms with Crippen LogP contribution in [-0.4, -0.2) is 34.8 Å².